The molecule has 0 saturated carbocycles. The molecule has 0 radical (unpaired) electrons. The average Bonchev–Trinajstić information content (AvgIpc) is 3.04. The van der Waals surface area contributed by atoms with Crippen molar-refractivity contribution in [2.24, 2.45) is 11.8 Å². The van der Waals surface area contributed by atoms with Crippen LogP contribution in [-0.4, -0.2) is 0 Å². The summed E-state index contributed by atoms with van der Waals surface area (Å²) in [4.78, 5) is 0. The summed E-state index contributed by atoms with van der Waals surface area (Å²) < 4.78 is 3.72. The Hall–Kier alpha value is 0.423. The van der Waals surface area contributed by atoms with Crippen molar-refractivity contribution in [3.8, 4) is 0 Å². The van der Waals surface area contributed by atoms with Gasteiger partial charge in [-0.15, -0.1) is 0 Å². The fourth-order valence-corrected chi connectivity index (χ4v) is 6.69. The molecule has 0 spiro atoms. The Balaban J connectivity index is 0.00000242. The van der Waals surface area contributed by atoms with Crippen molar-refractivity contribution in [3.05, 3.63) is 42.0 Å². The zero-order valence-electron chi connectivity index (χ0n) is 15.0. The van der Waals surface area contributed by atoms with Gasteiger partial charge in [-0.2, -0.15) is 0 Å². The van der Waals surface area contributed by atoms with Gasteiger partial charge in [-0.3, -0.25) is 0 Å². The number of rotatable bonds is 8. The van der Waals surface area contributed by atoms with Crippen molar-refractivity contribution in [2.75, 3.05) is 0 Å². The van der Waals surface area contributed by atoms with E-state index < -0.39 is 23.2 Å². The Morgan fingerprint density at radius 2 is 1.17 bits per heavy atom. The Morgan fingerprint density at radius 3 is 1.52 bits per heavy atom. The Labute approximate surface area is 167 Å². The van der Waals surface area contributed by atoms with E-state index in [2.05, 4.69) is 52.0 Å². The molecule has 0 aromatic rings. The van der Waals surface area contributed by atoms with Gasteiger partial charge in [-0.1, -0.05) is 0 Å². The SMILES string of the molecule is CC(C)CCC1=[C]([Zr+2][C]2=C(CCC(C)C)C=CC2)CC=C1.[Cl-].[Cl-]. The van der Waals surface area contributed by atoms with E-state index in [9.17, 15) is 0 Å². The molecule has 0 atom stereocenters. The number of allylic oxidation sites excluding steroid dienone is 8. The molecule has 0 heterocycles. The summed E-state index contributed by atoms with van der Waals surface area (Å²) in [5.74, 6) is 1.65. The third kappa shape index (κ3) is 7.89. The van der Waals surface area contributed by atoms with E-state index in [0.717, 1.165) is 11.8 Å². The zero-order chi connectivity index (χ0) is 15.2. The molecule has 0 fully saturated rings. The third-order valence-corrected chi connectivity index (χ3v) is 8.41. The number of hydrogen-bond acceptors (Lipinski definition) is 0. The summed E-state index contributed by atoms with van der Waals surface area (Å²) >= 11 is -0.502. The molecule has 2 aliphatic carbocycles. The van der Waals surface area contributed by atoms with Crippen molar-refractivity contribution >= 4 is 0 Å². The maximum atomic E-state index is 2.43. The quantitative estimate of drug-likeness (QED) is 0.520. The number of hydrogen-bond donors (Lipinski definition) is 0. The molecule has 0 amide bonds. The fraction of sp³-hybridized carbons (Fsp3) is 0.600. The minimum Gasteiger partial charge on any atom is -1.00 e. The van der Waals surface area contributed by atoms with E-state index in [1.807, 2.05) is 6.56 Å². The van der Waals surface area contributed by atoms with E-state index in [0.29, 0.717) is 0 Å². The number of halogens is 2. The first-order chi connectivity index (χ1) is 10.1. The van der Waals surface area contributed by atoms with Crippen LogP contribution < -0.4 is 24.8 Å². The van der Waals surface area contributed by atoms with E-state index in [1.165, 1.54) is 38.5 Å². The van der Waals surface area contributed by atoms with Gasteiger partial charge in [0.1, 0.15) is 0 Å². The summed E-state index contributed by atoms with van der Waals surface area (Å²) in [6, 6.07) is 0. The summed E-state index contributed by atoms with van der Waals surface area (Å²) in [6.07, 6.45) is 17.5. The average molecular weight is 433 g/mol. The molecular formula is C20H30Cl2Zr. The Morgan fingerprint density at radius 1 is 0.783 bits per heavy atom. The Kier molecular flexibility index (Phi) is 12.1. The first-order valence-electron chi connectivity index (χ1n) is 8.60. The van der Waals surface area contributed by atoms with E-state index in [1.54, 1.807) is 11.1 Å². The molecule has 0 unspecified atom stereocenters. The predicted octanol–water partition coefficient (Wildman–Crippen LogP) is 0.377. The van der Waals surface area contributed by atoms with Crippen LogP contribution in [0.1, 0.15) is 66.2 Å². The predicted molar refractivity (Wildman–Crippen MR) is 89.7 cm³/mol. The van der Waals surface area contributed by atoms with Gasteiger partial charge in [-0.25, -0.2) is 0 Å². The van der Waals surface area contributed by atoms with Crippen LogP contribution in [0.3, 0.4) is 0 Å². The van der Waals surface area contributed by atoms with Crippen LogP contribution in [-0.2, 0) is 23.2 Å². The minimum absolute atomic E-state index is 0. The van der Waals surface area contributed by atoms with Crippen molar-refractivity contribution < 1.29 is 48.0 Å². The smallest absolute Gasteiger partial charge is 1.00 e. The first-order valence-corrected chi connectivity index (χ1v) is 11.1. The largest absolute Gasteiger partial charge is 1.00 e. The van der Waals surface area contributed by atoms with Crippen molar-refractivity contribution in [3.63, 3.8) is 0 Å². The minimum atomic E-state index is -0.502. The van der Waals surface area contributed by atoms with Gasteiger partial charge >= 0.3 is 143 Å². The van der Waals surface area contributed by atoms with Crippen molar-refractivity contribution in [1.29, 1.82) is 0 Å². The van der Waals surface area contributed by atoms with Gasteiger partial charge < -0.3 is 24.8 Å². The molecule has 0 saturated heterocycles. The molecule has 2 rings (SSSR count). The van der Waals surface area contributed by atoms with Crippen LogP contribution in [0.15, 0.2) is 42.0 Å². The molecule has 0 N–H and O–H groups in total. The van der Waals surface area contributed by atoms with Gasteiger partial charge in [0, 0.05) is 0 Å². The topological polar surface area (TPSA) is 0 Å². The molecular weight excluding hydrogens is 402 g/mol. The maximum Gasteiger partial charge on any atom is -1.00 e. The second kappa shape index (κ2) is 11.9. The van der Waals surface area contributed by atoms with Gasteiger partial charge in [0.25, 0.3) is 0 Å². The monoisotopic (exact) mass is 430 g/mol. The van der Waals surface area contributed by atoms with Crippen molar-refractivity contribution in [1.82, 2.24) is 0 Å². The molecule has 3 heteroatoms. The van der Waals surface area contributed by atoms with E-state index in [4.69, 9.17) is 0 Å². The van der Waals surface area contributed by atoms with Crippen LogP contribution >= 0.6 is 0 Å². The van der Waals surface area contributed by atoms with Crippen LogP contribution in [0.5, 0.6) is 0 Å². The normalized spacial score (nSPS) is 16.3. The van der Waals surface area contributed by atoms with Crippen LogP contribution in [0.4, 0.5) is 0 Å². The molecule has 2 aliphatic rings. The van der Waals surface area contributed by atoms with E-state index in [-0.39, 0.29) is 24.8 Å². The third-order valence-electron chi connectivity index (χ3n) is 4.34. The van der Waals surface area contributed by atoms with Gasteiger partial charge in [0.05, 0.1) is 0 Å². The summed E-state index contributed by atoms with van der Waals surface area (Å²) in [5.41, 5.74) is 3.41. The second-order valence-corrected chi connectivity index (χ2v) is 10.8. The summed E-state index contributed by atoms with van der Waals surface area (Å²) in [5, 5.41) is 0. The van der Waals surface area contributed by atoms with Gasteiger partial charge in [0.2, 0.25) is 0 Å². The maximum absolute atomic E-state index is 2.43. The molecule has 0 aromatic carbocycles. The fourth-order valence-electron chi connectivity index (χ4n) is 2.90. The molecule has 0 aromatic heterocycles. The first kappa shape index (κ1) is 23.4. The standard InChI is InChI=1S/2C10H15.2ClH.Zr/c2*1-9(2)7-8-10-5-3-4-6-10;;;/h2*3,5,9H,4,7-8H2,1-2H3;2*1H;/q;;;;+2/p-2. The van der Waals surface area contributed by atoms with E-state index >= 15 is 0 Å². The molecule has 0 bridgehead atoms. The van der Waals surface area contributed by atoms with Crippen LogP contribution in [0, 0.1) is 11.8 Å². The summed E-state index contributed by atoms with van der Waals surface area (Å²) in [7, 11) is 0. The molecule has 128 valence electrons. The molecule has 0 nitrogen and oxygen atoms in total. The zero-order valence-corrected chi connectivity index (χ0v) is 18.9. The molecule has 23 heavy (non-hydrogen) atoms. The van der Waals surface area contributed by atoms with Gasteiger partial charge in [-0.05, 0) is 0 Å². The second-order valence-electron chi connectivity index (χ2n) is 7.21. The Bertz CT molecular complexity index is 438. The summed E-state index contributed by atoms with van der Waals surface area (Å²) in [6.45, 7) is 9.36. The van der Waals surface area contributed by atoms with Crippen LogP contribution in [0.2, 0.25) is 0 Å². The van der Waals surface area contributed by atoms with Crippen molar-refractivity contribution in [2.45, 2.75) is 66.2 Å². The molecule has 0 aliphatic heterocycles. The van der Waals surface area contributed by atoms with Crippen LogP contribution in [0.25, 0.3) is 0 Å². The van der Waals surface area contributed by atoms with Gasteiger partial charge in [0.15, 0.2) is 0 Å².